The first-order chi connectivity index (χ1) is 20.3. The van der Waals surface area contributed by atoms with E-state index in [-0.39, 0.29) is 6.29 Å². The predicted molar refractivity (Wildman–Crippen MR) is 178 cm³/mol. The fourth-order valence-electron chi connectivity index (χ4n) is 5.23. The largest absolute Gasteiger partial charge is 0.475 e. The Bertz CT molecular complexity index is 460. The zero-order valence-electron chi connectivity index (χ0n) is 28.3. The third-order valence-electron chi connectivity index (χ3n) is 7.96. The molecule has 4 nitrogen and oxygen atoms in total. The highest BCUT2D eigenvalue weighted by molar-refractivity contribution is 4.72. The molecule has 0 spiro atoms. The lowest BCUT2D eigenvalue weighted by Crippen LogP contribution is -2.19. The summed E-state index contributed by atoms with van der Waals surface area (Å²) < 4.78 is 22.9. The lowest BCUT2D eigenvalue weighted by molar-refractivity contribution is -0.148. The number of ether oxygens (including phenoxy) is 4. The molecule has 0 saturated heterocycles. The summed E-state index contributed by atoms with van der Waals surface area (Å²) in [6.45, 7) is 9.36. The SMILES string of the molecule is CCCCCCCCCCOC(CCCCCCCCCCCC=COCOCC)OCCCCCCCCCC. The minimum absolute atomic E-state index is 0.0164. The van der Waals surface area contributed by atoms with E-state index in [2.05, 4.69) is 19.9 Å². The van der Waals surface area contributed by atoms with Crippen molar-refractivity contribution in [2.75, 3.05) is 26.6 Å². The van der Waals surface area contributed by atoms with Gasteiger partial charge in [-0.1, -0.05) is 149 Å². The van der Waals surface area contributed by atoms with Crippen LogP contribution in [0.2, 0.25) is 0 Å². The Morgan fingerprint density at radius 3 is 1.34 bits per heavy atom. The lowest BCUT2D eigenvalue weighted by Gasteiger charge is -2.19. The van der Waals surface area contributed by atoms with Gasteiger partial charge < -0.3 is 18.9 Å². The molecule has 0 heterocycles. The van der Waals surface area contributed by atoms with E-state index in [9.17, 15) is 0 Å². The summed E-state index contributed by atoms with van der Waals surface area (Å²) in [6, 6.07) is 0. The summed E-state index contributed by atoms with van der Waals surface area (Å²) >= 11 is 0. The van der Waals surface area contributed by atoms with Crippen LogP contribution >= 0.6 is 0 Å². The van der Waals surface area contributed by atoms with Crippen LogP contribution in [0.1, 0.15) is 194 Å². The molecule has 0 radical (unpaired) electrons. The van der Waals surface area contributed by atoms with E-state index in [0.717, 1.165) is 26.1 Å². The summed E-state index contributed by atoms with van der Waals surface area (Å²) in [4.78, 5) is 0. The highest BCUT2D eigenvalue weighted by Crippen LogP contribution is 2.16. The van der Waals surface area contributed by atoms with Crippen molar-refractivity contribution in [2.45, 2.75) is 200 Å². The van der Waals surface area contributed by atoms with Gasteiger partial charge in [-0.15, -0.1) is 0 Å². The molecule has 0 aromatic rings. The average Bonchev–Trinajstić information content (AvgIpc) is 2.98. The Balaban J connectivity index is 3.83. The first kappa shape index (κ1) is 40.4. The number of rotatable bonds is 36. The fraction of sp³-hybridized carbons (Fsp3) is 0.946. The van der Waals surface area contributed by atoms with Crippen molar-refractivity contribution in [2.24, 2.45) is 0 Å². The molecule has 41 heavy (non-hydrogen) atoms. The number of hydrogen-bond donors (Lipinski definition) is 0. The molecule has 0 N–H and O–H groups in total. The van der Waals surface area contributed by atoms with Gasteiger partial charge in [0.25, 0.3) is 0 Å². The topological polar surface area (TPSA) is 36.9 Å². The average molecular weight is 583 g/mol. The minimum Gasteiger partial charge on any atom is -0.475 e. The maximum atomic E-state index is 6.24. The van der Waals surface area contributed by atoms with Gasteiger partial charge >= 0.3 is 0 Å². The van der Waals surface area contributed by atoms with E-state index in [1.165, 1.54) is 161 Å². The Hall–Kier alpha value is -0.580. The molecule has 0 aromatic heterocycles. The molecule has 4 heteroatoms. The van der Waals surface area contributed by atoms with Crippen LogP contribution in [-0.4, -0.2) is 32.9 Å². The number of hydrogen-bond acceptors (Lipinski definition) is 4. The Labute approximate surface area is 258 Å². The number of unbranched alkanes of at least 4 members (excludes halogenated alkanes) is 23. The normalized spacial score (nSPS) is 11.8. The van der Waals surface area contributed by atoms with Gasteiger partial charge in [-0.05, 0) is 51.5 Å². The van der Waals surface area contributed by atoms with Gasteiger partial charge in [0.05, 0.1) is 6.26 Å². The van der Waals surface area contributed by atoms with Crippen molar-refractivity contribution in [1.82, 2.24) is 0 Å². The van der Waals surface area contributed by atoms with Crippen LogP contribution in [-0.2, 0) is 18.9 Å². The minimum atomic E-state index is 0.0164. The first-order valence-corrected chi connectivity index (χ1v) is 18.4. The van der Waals surface area contributed by atoms with Crippen LogP contribution < -0.4 is 0 Å². The predicted octanol–water partition coefficient (Wildman–Crippen LogP) is 12.4. The van der Waals surface area contributed by atoms with Crippen LogP contribution in [0.15, 0.2) is 12.3 Å². The van der Waals surface area contributed by atoms with Gasteiger partial charge in [-0.3, -0.25) is 0 Å². The summed E-state index contributed by atoms with van der Waals surface area (Å²) in [5.41, 5.74) is 0. The maximum absolute atomic E-state index is 6.24. The van der Waals surface area contributed by atoms with Crippen LogP contribution in [0.25, 0.3) is 0 Å². The second-order valence-electron chi connectivity index (χ2n) is 12.0. The molecule has 0 bridgehead atoms. The molecular weight excluding hydrogens is 508 g/mol. The van der Waals surface area contributed by atoms with Crippen molar-refractivity contribution in [3.63, 3.8) is 0 Å². The zero-order valence-corrected chi connectivity index (χ0v) is 28.3. The molecule has 0 rings (SSSR count). The Morgan fingerprint density at radius 2 is 0.878 bits per heavy atom. The third-order valence-corrected chi connectivity index (χ3v) is 7.96. The van der Waals surface area contributed by atoms with Gasteiger partial charge in [0, 0.05) is 19.8 Å². The van der Waals surface area contributed by atoms with E-state index in [4.69, 9.17) is 18.9 Å². The van der Waals surface area contributed by atoms with Crippen molar-refractivity contribution < 1.29 is 18.9 Å². The van der Waals surface area contributed by atoms with E-state index < -0.39 is 0 Å². The molecule has 0 atom stereocenters. The molecule has 0 saturated carbocycles. The Kier molecular flexibility index (Phi) is 36.9. The lowest BCUT2D eigenvalue weighted by atomic mass is 10.1. The maximum Gasteiger partial charge on any atom is 0.188 e. The van der Waals surface area contributed by atoms with Crippen LogP contribution in [0.4, 0.5) is 0 Å². The van der Waals surface area contributed by atoms with E-state index in [1.54, 1.807) is 6.26 Å². The molecule has 0 amide bonds. The van der Waals surface area contributed by atoms with Crippen molar-refractivity contribution in [3.8, 4) is 0 Å². The third kappa shape index (κ3) is 35.5. The Morgan fingerprint density at radius 1 is 0.463 bits per heavy atom. The van der Waals surface area contributed by atoms with Gasteiger partial charge in [-0.2, -0.15) is 0 Å². The summed E-state index contributed by atoms with van der Waals surface area (Å²) in [5, 5.41) is 0. The smallest absolute Gasteiger partial charge is 0.188 e. The van der Waals surface area contributed by atoms with E-state index in [1.807, 2.05) is 6.92 Å². The standard InChI is InChI=1S/C37H74O4/c1-4-7-9-11-13-22-26-30-34-40-37(41-35-31-27-23-14-12-10-8-5-2)32-28-24-20-18-16-15-17-19-21-25-29-33-39-36-38-6-3/h29,33,37H,4-28,30-32,34-36H2,1-3H3. The summed E-state index contributed by atoms with van der Waals surface area (Å²) in [7, 11) is 0. The van der Waals surface area contributed by atoms with Gasteiger partial charge in [0.1, 0.15) is 0 Å². The second kappa shape index (κ2) is 37.4. The highest BCUT2D eigenvalue weighted by atomic mass is 16.7. The molecule has 246 valence electrons. The van der Waals surface area contributed by atoms with Gasteiger partial charge in [-0.25, -0.2) is 0 Å². The van der Waals surface area contributed by atoms with E-state index in [0.29, 0.717) is 13.4 Å². The molecule has 0 aliphatic heterocycles. The summed E-state index contributed by atoms with van der Waals surface area (Å²) in [6.07, 6.45) is 39.6. The molecule has 0 aliphatic rings. The van der Waals surface area contributed by atoms with Crippen molar-refractivity contribution >= 4 is 0 Å². The van der Waals surface area contributed by atoms with Gasteiger partial charge in [0.2, 0.25) is 0 Å². The molecular formula is C37H74O4. The number of allylic oxidation sites excluding steroid dienone is 1. The fourth-order valence-corrected chi connectivity index (χ4v) is 5.23. The monoisotopic (exact) mass is 583 g/mol. The molecule has 0 fully saturated rings. The molecule has 0 aromatic carbocycles. The van der Waals surface area contributed by atoms with Crippen molar-refractivity contribution in [3.05, 3.63) is 12.3 Å². The second-order valence-corrected chi connectivity index (χ2v) is 12.0. The molecule has 0 aliphatic carbocycles. The van der Waals surface area contributed by atoms with Crippen molar-refractivity contribution in [1.29, 1.82) is 0 Å². The van der Waals surface area contributed by atoms with Crippen LogP contribution in [0.5, 0.6) is 0 Å². The molecule has 0 unspecified atom stereocenters. The van der Waals surface area contributed by atoms with Gasteiger partial charge in [0.15, 0.2) is 13.1 Å². The highest BCUT2D eigenvalue weighted by Gasteiger charge is 2.09. The van der Waals surface area contributed by atoms with E-state index >= 15 is 0 Å². The van der Waals surface area contributed by atoms with Crippen LogP contribution in [0.3, 0.4) is 0 Å². The summed E-state index contributed by atoms with van der Waals surface area (Å²) in [5.74, 6) is 0. The quantitative estimate of drug-likeness (QED) is 0.0418. The zero-order chi connectivity index (χ0) is 29.7. The van der Waals surface area contributed by atoms with Crippen LogP contribution in [0, 0.1) is 0 Å². The first-order valence-electron chi connectivity index (χ1n) is 18.4.